The van der Waals surface area contributed by atoms with Crippen molar-refractivity contribution in [1.29, 1.82) is 0 Å². The van der Waals surface area contributed by atoms with E-state index in [1.807, 2.05) is 0 Å². The lowest BCUT2D eigenvalue weighted by molar-refractivity contribution is 0.0952. The van der Waals surface area contributed by atoms with Crippen molar-refractivity contribution in [2.75, 3.05) is 19.0 Å². The second-order valence-electron chi connectivity index (χ2n) is 6.13. The Morgan fingerprint density at radius 1 is 1.54 bits per heavy atom. The highest BCUT2D eigenvalue weighted by Crippen LogP contribution is 2.25. The standard InChI is InChI=1S/C18H20ClN3O4/c1-11-5-6-22(10-13-4-3-7-26-13)18(24)15(11)16(23)21-14-8-12(19)9-20-17(14)25-2/h5-6,8-9,13H,3-4,7,10H2,1-2H3,(H,21,23). The van der Waals surface area contributed by atoms with Gasteiger partial charge in [0.15, 0.2) is 0 Å². The predicted molar refractivity (Wildman–Crippen MR) is 98.2 cm³/mol. The van der Waals surface area contributed by atoms with Gasteiger partial charge in [-0.2, -0.15) is 0 Å². The van der Waals surface area contributed by atoms with Crippen molar-refractivity contribution >= 4 is 23.2 Å². The van der Waals surface area contributed by atoms with Crippen LogP contribution in [0.3, 0.4) is 0 Å². The molecule has 2 aromatic heterocycles. The summed E-state index contributed by atoms with van der Waals surface area (Å²) < 4.78 is 12.2. The molecule has 1 atom stereocenters. The van der Waals surface area contributed by atoms with E-state index in [0.717, 1.165) is 12.8 Å². The van der Waals surface area contributed by atoms with Gasteiger partial charge in [-0.15, -0.1) is 0 Å². The minimum absolute atomic E-state index is 0.00328. The summed E-state index contributed by atoms with van der Waals surface area (Å²) in [5.74, 6) is -0.312. The third-order valence-electron chi connectivity index (χ3n) is 4.28. The minimum atomic E-state index is -0.531. The number of ether oxygens (including phenoxy) is 2. The molecule has 0 bridgehead atoms. The molecule has 1 N–H and O–H groups in total. The highest BCUT2D eigenvalue weighted by atomic mass is 35.5. The van der Waals surface area contributed by atoms with Crippen LogP contribution in [-0.4, -0.2) is 35.3 Å². The molecule has 2 aromatic rings. The van der Waals surface area contributed by atoms with Crippen LogP contribution in [0, 0.1) is 6.92 Å². The Kier molecular flexibility index (Phi) is 5.58. The number of amides is 1. The molecule has 3 heterocycles. The van der Waals surface area contributed by atoms with Crippen molar-refractivity contribution in [3.8, 4) is 5.88 Å². The molecule has 1 aliphatic heterocycles. The van der Waals surface area contributed by atoms with Crippen molar-refractivity contribution < 1.29 is 14.3 Å². The van der Waals surface area contributed by atoms with E-state index in [2.05, 4.69) is 10.3 Å². The van der Waals surface area contributed by atoms with Crippen LogP contribution in [0.2, 0.25) is 5.02 Å². The summed E-state index contributed by atoms with van der Waals surface area (Å²) in [5.41, 5.74) is 0.614. The Hall–Kier alpha value is -2.38. The number of nitrogens with one attached hydrogen (secondary N) is 1. The van der Waals surface area contributed by atoms with Crippen LogP contribution in [0.15, 0.2) is 29.3 Å². The van der Waals surface area contributed by atoms with Crippen molar-refractivity contribution in [2.24, 2.45) is 0 Å². The van der Waals surface area contributed by atoms with Gasteiger partial charge in [0.2, 0.25) is 5.88 Å². The molecular formula is C18H20ClN3O4. The van der Waals surface area contributed by atoms with Gasteiger partial charge in [-0.05, 0) is 37.5 Å². The molecule has 0 aliphatic carbocycles. The zero-order valence-corrected chi connectivity index (χ0v) is 15.4. The van der Waals surface area contributed by atoms with E-state index in [-0.39, 0.29) is 23.1 Å². The first kappa shape index (κ1) is 18.4. The molecule has 0 spiro atoms. The number of aryl methyl sites for hydroxylation is 1. The zero-order valence-electron chi connectivity index (χ0n) is 14.6. The first-order chi connectivity index (χ1) is 12.5. The number of carbonyl (C=O) groups excluding carboxylic acids is 1. The Balaban J connectivity index is 1.89. The van der Waals surface area contributed by atoms with Crippen molar-refractivity contribution in [3.05, 3.63) is 51.0 Å². The van der Waals surface area contributed by atoms with Gasteiger partial charge in [0.05, 0.1) is 24.8 Å². The average molecular weight is 378 g/mol. The van der Waals surface area contributed by atoms with Gasteiger partial charge in [0.25, 0.3) is 11.5 Å². The van der Waals surface area contributed by atoms with Crippen LogP contribution in [0.1, 0.15) is 28.8 Å². The fourth-order valence-corrected chi connectivity index (χ4v) is 3.11. The van der Waals surface area contributed by atoms with E-state index in [1.165, 1.54) is 23.9 Å². The summed E-state index contributed by atoms with van der Waals surface area (Å²) in [5, 5.41) is 3.01. The van der Waals surface area contributed by atoms with Gasteiger partial charge in [0.1, 0.15) is 11.3 Å². The van der Waals surface area contributed by atoms with Crippen LogP contribution < -0.4 is 15.6 Å². The Morgan fingerprint density at radius 3 is 3.04 bits per heavy atom. The number of nitrogens with zero attached hydrogens (tertiary/aromatic N) is 2. The summed E-state index contributed by atoms with van der Waals surface area (Å²) in [6.07, 6.45) is 5.01. The molecule has 0 saturated carbocycles. The topological polar surface area (TPSA) is 82.4 Å². The van der Waals surface area contributed by atoms with E-state index in [1.54, 1.807) is 19.2 Å². The Labute approximate surface area is 155 Å². The lowest BCUT2D eigenvalue weighted by Gasteiger charge is -2.15. The largest absolute Gasteiger partial charge is 0.480 e. The number of hydrogen-bond donors (Lipinski definition) is 1. The minimum Gasteiger partial charge on any atom is -0.480 e. The molecule has 1 aliphatic rings. The van der Waals surface area contributed by atoms with Crippen LogP contribution >= 0.6 is 11.6 Å². The maximum absolute atomic E-state index is 12.8. The molecule has 8 heteroatoms. The highest BCUT2D eigenvalue weighted by Gasteiger charge is 2.21. The quantitative estimate of drug-likeness (QED) is 0.866. The van der Waals surface area contributed by atoms with Crippen molar-refractivity contribution in [2.45, 2.75) is 32.4 Å². The number of rotatable bonds is 5. The molecule has 1 unspecified atom stereocenters. The summed E-state index contributed by atoms with van der Waals surface area (Å²) in [6.45, 7) is 2.86. The van der Waals surface area contributed by atoms with Gasteiger partial charge in [0, 0.05) is 19.0 Å². The molecule has 0 radical (unpaired) electrons. The normalized spacial score (nSPS) is 16.5. The molecule has 26 heavy (non-hydrogen) atoms. The molecule has 138 valence electrons. The summed E-state index contributed by atoms with van der Waals surface area (Å²) in [4.78, 5) is 29.6. The summed E-state index contributed by atoms with van der Waals surface area (Å²) in [7, 11) is 1.44. The van der Waals surface area contributed by atoms with E-state index in [9.17, 15) is 9.59 Å². The fourth-order valence-electron chi connectivity index (χ4n) is 2.96. The van der Waals surface area contributed by atoms with Gasteiger partial charge < -0.3 is 19.4 Å². The third-order valence-corrected chi connectivity index (χ3v) is 4.49. The molecule has 1 fully saturated rings. The summed E-state index contributed by atoms with van der Waals surface area (Å²) >= 11 is 5.94. The number of anilines is 1. The number of pyridine rings is 2. The Bertz CT molecular complexity index is 875. The van der Waals surface area contributed by atoms with Gasteiger partial charge in [-0.1, -0.05) is 11.6 Å². The van der Waals surface area contributed by atoms with E-state index in [4.69, 9.17) is 21.1 Å². The number of methoxy groups -OCH3 is 1. The number of carbonyl (C=O) groups is 1. The lowest BCUT2D eigenvalue weighted by atomic mass is 10.1. The first-order valence-corrected chi connectivity index (χ1v) is 8.70. The zero-order chi connectivity index (χ0) is 18.7. The molecule has 1 amide bonds. The van der Waals surface area contributed by atoms with Gasteiger partial charge >= 0.3 is 0 Å². The monoisotopic (exact) mass is 377 g/mol. The second-order valence-corrected chi connectivity index (χ2v) is 6.57. The van der Waals surface area contributed by atoms with Crippen LogP contribution in [0.4, 0.5) is 5.69 Å². The van der Waals surface area contributed by atoms with Gasteiger partial charge in [-0.3, -0.25) is 9.59 Å². The highest BCUT2D eigenvalue weighted by molar-refractivity contribution is 6.30. The third kappa shape index (κ3) is 3.89. The molecule has 1 saturated heterocycles. The summed E-state index contributed by atoms with van der Waals surface area (Å²) in [6, 6.07) is 3.27. The first-order valence-electron chi connectivity index (χ1n) is 8.32. The molecular weight excluding hydrogens is 358 g/mol. The molecule has 3 rings (SSSR count). The second kappa shape index (κ2) is 7.88. The average Bonchev–Trinajstić information content (AvgIpc) is 3.11. The lowest BCUT2D eigenvalue weighted by Crippen LogP contribution is -2.33. The van der Waals surface area contributed by atoms with E-state index >= 15 is 0 Å². The Morgan fingerprint density at radius 2 is 2.35 bits per heavy atom. The SMILES string of the molecule is COc1ncc(Cl)cc1NC(=O)c1c(C)ccn(CC2CCCO2)c1=O. The molecule has 0 aromatic carbocycles. The fraction of sp³-hybridized carbons (Fsp3) is 0.389. The number of aromatic nitrogens is 2. The predicted octanol–water partition coefficient (Wildman–Crippen LogP) is 2.65. The van der Waals surface area contributed by atoms with Crippen molar-refractivity contribution in [3.63, 3.8) is 0 Å². The van der Waals surface area contributed by atoms with Gasteiger partial charge in [-0.25, -0.2) is 4.98 Å². The number of halogens is 1. The smallest absolute Gasteiger partial charge is 0.263 e. The van der Waals surface area contributed by atoms with E-state index in [0.29, 0.717) is 29.4 Å². The van der Waals surface area contributed by atoms with E-state index < -0.39 is 5.91 Å². The van der Waals surface area contributed by atoms with Crippen molar-refractivity contribution in [1.82, 2.24) is 9.55 Å². The molecule has 7 nitrogen and oxygen atoms in total. The maximum Gasteiger partial charge on any atom is 0.263 e. The van der Waals surface area contributed by atoms with Crippen LogP contribution in [0.5, 0.6) is 5.88 Å². The van der Waals surface area contributed by atoms with Crippen LogP contribution in [-0.2, 0) is 11.3 Å². The van der Waals surface area contributed by atoms with Crippen LogP contribution in [0.25, 0.3) is 0 Å². The maximum atomic E-state index is 12.8. The number of hydrogen-bond acceptors (Lipinski definition) is 5.